The number of hydrogen-bond acceptors (Lipinski definition) is 5. The third-order valence-corrected chi connectivity index (χ3v) is 2.46. The van der Waals surface area contributed by atoms with Crippen LogP contribution in [0, 0.1) is 10.1 Å². The number of nitrogens with zero attached hydrogens (tertiary/aromatic N) is 1. The summed E-state index contributed by atoms with van der Waals surface area (Å²) in [6.07, 6.45) is -0.121. The van der Waals surface area contributed by atoms with Crippen LogP contribution < -0.4 is 10.1 Å². The summed E-state index contributed by atoms with van der Waals surface area (Å²) in [6, 6.07) is 3.95. The van der Waals surface area contributed by atoms with Crippen LogP contribution >= 0.6 is 0 Å². The van der Waals surface area contributed by atoms with Gasteiger partial charge >= 0.3 is 0 Å². The number of nitro benzene ring substituents is 1. The Morgan fingerprint density at radius 2 is 2.26 bits per heavy atom. The quantitative estimate of drug-likeness (QED) is 0.604. The van der Waals surface area contributed by atoms with Crippen LogP contribution in [0.2, 0.25) is 0 Å². The van der Waals surface area contributed by atoms with Crippen molar-refractivity contribution in [3.63, 3.8) is 0 Å². The Balaban J connectivity index is 2.82. The van der Waals surface area contributed by atoms with Gasteiger partial charge < -0.3 is 15.2 Å². The van der Waals surface area contributed by atoms with E-state index in [0.717, 1.165) is 0 Å². The average molecular weight is 268 g/mol. The number of methoxy groups -OCH3 is 1. The molecule has 1 amide bonds. The lowest BCUT2D eigenvalue weighted by molar-refractivity contribution is -0.384. The van der Waals surface area contributed by atoms with Gasteiger partial charge in [-0.25, -0.2) is 0 Å². The summed E-state index contributed by atoms with van der Waals surface area (Å²) in [5.74, 6) is 0.00990. The summed E-state index contributed by atoms with van der Waals surface area (Å²) in [4.78, 5) is 21.7. The second kappa shape index (κ2) is 6.69. The molecule has 104 valence electrons. The van der Waals surface area contributed by atoms with Gasteiger partial charge in [-0.3, -0.25) is 14.9 Å². The van der Waals surface area contributed by atoms with Crippen molar-refractivity contribution >= 4 is 17.3 Å². The fourth-order valence-corrected chi connectivity index (χ4v) is 1.46. The molecular weight excluding hydrogens is 252 g/mol. The Bertz CT molecular complexity index is 473. The zero-order valence-corrected chi connectivity index (χ0v) is 10.8. The molecule has 19 heavy (non-hydrogen) atoms. The lowest BCUT2D eigenvalue weighted by atomic mass is 10.2. The van der Waals surface area contributed by atoms with E-state index in [1.54, 1.807) is 6.92 Å². The lowest BCUT2D eigenvalue weighted by Gasteiger charge is -2.10. The Hall–Kier alpha value is -2.15. The first-order valence-corrected chi connectivity index (χ1v) is 5.74. The molecule has 1 unspecified atom stereocenters. The van der Waals surface area contributed by atoms with Gasteiger partial charge in [0.2, 0.25) is 5.91 Å². The molecule has 0 aliphatic rings. The lowest BCUT2D eigenvalue weighted by Crippen LogP contribution is -2.14. The smallest absolute Gasteiger partial charge is 0.271 e. The third-order valence-electron chi connectivity index (χ3n) is 2.46. The number of nitrogens with one attached hydrogen (secondary N) is 1. The zero-order chi connectivity index (χ0) is 14.4. The second-order valence-electron chi connectivity index (χ2n) is 4.08. The number of rotatable bonds is 6. The minimum atomic E-state index is -0.572. The topological polar surface area (TPSA) is 102 Å². The Morgan fingerprint density at radius 1 is 1.58 bits per heavy atom. The van der Waals surface area contributed by atoms with E-state index in [4.69, 9.17) is 9.84 Å². The van der Waals surface area contributed by atoms with Crippen molar-refractivity contribution in [2.45, 2.75) is 25.9 Å². The van der Waals surface area contributed by atoms with E-state index in [1.165, 1.54) is 25.3 Å². The van der Waals surface area contributed by atoms with Gasteiger partial charge in [-0.1, -0.05) is 0 Å². The molecule has 1 aromatic rings. The summed E-state index contributed by atoms with van der Waals surface area (Å²) in [5.41, 5.74) is 0.110. The first-order chi connectivity index (χ1) is 8.93. The number of nitro groups is 1. The maximum Gasteiger partial charge on any atom is 0.271 e. The number of aliphatic hydroxyl groups excluding tert-OH is 1. The molecule has 0 aliphatic heterocycles. The molecule has 7 nitrogen and oxygen atoms in total. The summed E-state index contributed by atoms with van der Waals surface area (Å²) in [7, 11) is 1.41. The highest BCUT2D eigenvalue weighted by Gasteiger charge is 2.13. The second-order valence-corrected chi connectivity index (χ2v) is 4.08. The fourth-order valence-electron chi connectivity index (χ4n) is 1.46. The molecule has 0 heterocycles. The Labute approximate surface area is 110 Å². The van der Waals surface area contributed by atoms with Crippen molar-refractivity contribution in [1.82, 2.24) is 0 Å². The summed E-state index contributed by atoms with van der Waals surface area (Å²) >= 11 is 0. The van der Waals surface area contributed by atoms with Crippen LogP contribution in [0.1, 0.15) is 19.8 Å². The summed E-state index contributed by atoms with van der Waals surface area (Å²) < 4.78 is 5.02. The van der Waals surface area contributed by atoms with Crippen molar-refractivity contribution in [2.24, 2.45) is 0 Å². The van der Waals surface area contributed by atoms with Gasteiger partial charge in [0, 0.05) is 18.6 Å². The van der Waals surface area contributed by atoms with Gasteiger partial charge in [-0.2, -0.15) is 0 Å². The monoisotopic (exact) mass is 268 g/mol. The SMILES string of the molecule is COc1ccc([N+](=O)[O-])cc1NC(=O)CCC(C)O. The van der Waals surface area contributed by atoms with Crippen LogP contribution in [0.5, 0.6) is 5.75 Å². The van der Waals surface area contributed by atoms with Gasteiger partial charge in [0.1, 0.15) is 5.75 Å². The van der Waals surface area contributed by atoms with E-state index in [2.05, 4.69) is 5.32 Å². The number of carbonyl (C=O) groups is 1. The maximum absolute atomic E-state index is 11.6. The van der Waals surface area contributed by atoms with Crippen molar-refractivity contribution in [2.75, 3.05) is 12.4 Å². The Morgan fingerprint density at radius 3 is 2.79 bits per heavy atom. The number of benzene rings is 1. The van der Waals surface area contributed by atoms with E-state index < -0.39 is 11.0 Å². The highest BCUT2D eigenvalue weighted by Crippen LogP contribution is 2.28. The Kier molecular flexibility index (Phi) is 5.25. The third kappa shape index (κ3) is 4.55. The molecule has 7 heteroatoms. The molecule has 1 atom stereocenters. The van der Waals surface area contributed by atoms with Crippen molar-refractivity contribution in [3.05, 3.63) is 28.3 Å². The van der Waals surface area contributed by atoms with Crippen LogP contribution in [0.15, 0.2) is 18.2 Å². The molecule has 0 bridgehead atoms. The number of aliphatic hydroxyl groups is 1. The average Bonchev–Trinajstić information content (AvgIpc) is 2.36. The van der Waals surface area contributed by atoms with E-state index in [1.807, 2.05) is 0 Å². The first-order valence-electron chi connectivity index (χ1n) is 5.74. The maximum atomic E-state index is 11.6. The van der Waals surface area contributed by atoms with Gasteiger partial charge in [0.15, 0.2) is 0 Å². The zero-order valence-electron chi connectivity index (χ0n) is 10.8. The molecule has 1 aromatic carbocycles. The predicted molar refractivity (Wildman–Crippen MR) is 69.2 cm³/mol. The van der Waals surface area contributed by atoms with Crippen LogP contribution in [-0.2, 0) is 4.79 Å². The van der Waals surface area contributed by atoms with Crippen LogP contribution in [0.4, 0.5) is 11.4 Å². The molecule has 1 rings (SSSR count). The van der Waals surface area contributed by atoms with Gasteiger partial charge in [0.25, 0.3) is 5.69 Å². The molecule has 0 saturated heterocycles. The van der Waals surface area contributed by atoms with Crippen molar-refractivity contribution < 1.29 is 19.6 Å². The predicted octanol–water partition coefficient (Wildman–Crippen LogP) is 1.70. The molecule has 2 N–H and O–H groups in total. The normalized spacial score (nSPS) is 11.7. The number of ether oxygens (including phenoxy) is 1. The van der Waals surface area contributed by atoms with E-state index >= 15 is 0 Å². The van der Waals surface area contributed by atoms with Crippen LogP contribution in [0.25, 0.3) is 0 Å². The number of carbonyl (C=O) groups excluding carboxylic acids is 1. The number of anilines is 1. The highest BCUT2D eigenvalue weighted by molar-refractivity contribution is 5.92. The minimum Gasteiger partial charge on any atom is -0.495 e. The largest absolute Gasteiger partial charge is 0.495 e. The number of hydrogen-bond donors (Lipinski definition) is 2. The van der Waals surface area contributed by atoms with Crippen molar-refractivity contribution in [3.8, 4) is 5.75 Å². The summed E-state index contributed by atoms with van der Waals surface area (Å²) in [6.45, 7) is 1.58. The molecule has 0 radical (unpaired) electrons. The van der Waals surface area contributed by atoms with Crippen LogP contribution in [0.3, 0.4) is 0 Å². The van der Waals surface area contributed by atoms with Crippen LogP contribution in [-0.4, -0.2) is 29.2 Å². The number of non-ortho nitro benzene ring substituents is 1. The first kappa shape index (κ1) is 14.9. The molecule has 0 saturated carbocycles. The van der Waals surface area contributed by atoms with Crippen molar-refractivity contribution in [1.29, 1.82) is 0 Å². The van der Waals surface area contributed by atoms with Gasteiger partial charge in [-0.15, -0.1) is 0 Å². The van der Waals surface area contributed by atoms with E-state index in [0.29, 0.717) is 12.2 Å². The molecule has 0 aromatic heterocycles. The van der Waals surface area contributed by atoms with Gasteiger partial charge in [-0.05, 0) is 19.4 Å². The standard InChI is InChI=1S/C12H16N2O5/c1-8(15)3-6-12(16)13-10-7-9(14(17)18)4-5-11(10)19-2/h4-5,7-8,15H,3,6H2,1-2H3,(H,13,16). The highest BCUT2D eigenvalue weighted by atomic mass is 16.6. The minimum absolute atomic E-state index is 0.128. The molecule has 0 aliphatic carbocycles. The van der Waals surface area contributed by atoms with E-state index in [9.17, 15) is 14.9 Å². The molecular formula is C12H16N2O5. The molecule has 0 spiro atoms. The fraction of sp³-hybridized carbons (Fsp3) is 0.417. The summed E-state index contributed by atoms with van der Waals surface area (Å²) in [5, 5.41) is 22.3. The van der Waals surface area contributed by atoms with Gasteiger partial charge in [0.05, 0.1) is 23.8 Å². The number of amides is 1. The van der Waals surface area contributed by atoms with E-state index in [-0.39, 0.29) is 23.7 Å². The molecule has 0 fully saturated rings.